The predicted molar refractivity (Wildman–Crippen MR) is 84.0 cm³/mol. The fraction of sp³-hybridized carbons (Fsp3) is 0.235. The number of aryl methyl sites for hydroxylation is 1. The van der Waals surface area contributed by atoms with Crippen molar-refractivity contribution in [2.75, 3.05) is 7.11 Å². The highest BCUT2D eigenvalue weighted by Gasteiger charge is 2.31. The van der Waals surface area contributed by atoms with Gasteiger partial charge in [0.25, 0.3) is 0 Å². The van der Waals surface area contributed by atoms with Crippen LogP contribution in [0.4, 0.5) is 0 Å². The largest absolute Gasteiger partial charge is 0.497 e. The quantitative estimate of drug-likeness (QED) is 0.608. The smallest absolute Gasteiger partial charge is 0.319 e. The molecule has 108 valence electrons. The Morgan fingerprint density at radius 1 is 1.24 bits per heavy atom. The standard InChI is InChI=1S/C17H15BrO3/c1-10-7-12-9-14(11-3-5-13(20-2)6-4-11)17(19)21-16(12)15(18)8-10/h3-8,14H,9H2,1-2H3. The molecular formula is C17H15BrO3. The van der Waals surface area contributed by atoms with Gasteiger partial charge in [0, 0.05) is 0 Å². The van der Waals surface area contributed by atoms with E-state index < -0.39 is 0 Å². The van der Waals surface area contributed by atoms with Gasteiger partial charge < -0.3 is 9.47 Å². The van der Waals surface area contributed by atoms with Gasteiger partial charge in [-0.1, -0.05) is 18.2 Å². The molecule has 0 radical (unpaired) electrons. The molecule has 2 aromatic carbocycles. The predicted octanol–water partition coefficient (Wildman–Crippen LogP) is 4.01. The molecule has 2 aromatic rings. The molecule has 0 bridgehead atoms. The normalized spacial score (nSPS) is 17.1. The molecule has 0 fully saturated rings. The zero-order chi connectivity index (χ0) is 15.0. The summed E-state index contributed by atoms with van der Waals surface area (Å²) in [5.41, 5.74) is 3.15. The minimum atomic E-state index is -0.267. The van der Waals surface area contributed by atoms with E-state index >= 15 is 0 Å². The van der Waals surface area contributed by atoms with E-state index in [9.17, 15) is 4.79 Å². The van der Waals surface area contributed by atoms with Crippen molar-refractivity contribution in [1.82, 2.24) is 0 Å². The maximum atomic E-state index is 12.3. The topological polar surface area (TPSA) is 35.5 Å². The molecule has 0 saturated carbocycles. The molecule has 4 heteroatoms. The maximum Gasteiger partial charge on any atom is 0.319 e. The van der Waals surface area contributed by atoms with Crippen molar-refractivity contribution in [3.8, 4) is 11.5 Å². The van der Waals surface area contributed by atoms with Crippen LogP contribution in [0.5, 0.6) is 11.5 Å². The van der Waals surface area contributed by atoms with Crippen molar-refractivity contribution < 1.29 is 14.3 Å². The van der Waals surface area contributed by atoms with E-state index in [1.54, 1.807) is 7.11 Å². The van der Waals surface area contributed by atoms with Gasteiger partial charge in [0.2, 0.25) is 0 Å². The van der Waals surface area contributed by atoms with Crippen molar-refractivity contribution in [3.63, 3.8) is 0 Å². The third kappa shape index (κ3) is 2.68. The Kier molecular flexibility index (Phi) is 3.72. The Morgan fingerprint density at radius 2 is 1.95 bits per heavy atom. The SMILES string of the molecule is COc1ccc(C2Cc3cc(C)cc(Br)c3OC2=O)cc1. The number of hydrogen-bond donors (Lipinski definition) is 0. The second-order valence-corrected chi connectivity index (χ2v) is 6.04. The van der Waals surface area contributed by atoms with Crippen molar-refractivity contribution in [2.45, 2.75) is 19.3 Å². The van der Waals surface area contributed by atoms with E-state index in [4.69, 9.17) is 9.47 Å². The lowest BCUT2D eigenvalue weighted by atomic mass is 9.89. The number of esters is 1. The van der Waals surface area contributed by atoms with Crippen molar-refractivity contribution in [3.05, 3.63) is 57.6 Å². The lowest BCUT2D eigenvalue weighted by Crippen LogP contribution is -2.26. The van der Waals surface area contributed by atoms with Crippen LogP contribution >= 0.6 is 15.9 Å². The van der Waals surface area contributed by atoms with Gasteiger partial charge in [0.15, 0.2) is 0 Å². The van der Waals surface area contributed by atoms with Crippen LogP contribution in [0.15, 0.2) is 40.9 Å². The molecule has 0 aromatic heterocycles. The van der Waals surface area contributed by atoms with Crippen LogP contribution in [0, 0.1) is 6.92 Å². The van der Waals surface area contributed by atoms with Gasteiger partial charge in [-0.15, -0.1) is 0 Å². The van der Waals surface area contributed by atoms with E-state index in [1.165, 1.54) is 0 Å². The molecule has 1 aliphatic rings. The molecule has 0 saturated heterocycles. The Morgan fingerprint density at radius 3 is 2.62 bits per heavy atom. The van der Waals surface area contributed by atoms with Crippen LogP contribution in [0.3, 0.4) is 0 Å². The van der Waals surface area contributed by atoms with Crippen LogP contribution < -0.4 is 9.47 Å². The third-order valence-corrected chi connectivity index (χ3v) is 4.28. The third-order valence-electron chi connectivity index (χ3n) is 3.69. The van der Waals surface area contributed by atoms with Gasteiger partial charge in [-0.2, -0.15) is 0 Å². The summed E-state index contributed by atoms with van der Waals surface area (Å²) in [6.07, 6.45) is 0.654. The maximum absolute atomic E-state index is 12.3. The fourth-order valence-corrected chi connectivity index (χ4v) is 3.33. The first-order valence-electron chi connectivity index (χ1n) is 6.73. The number of fused-ring (bicyclic) bond motifs is 1. The summed E-state index contributed by atoms with van der Waals surface area (Å²) < 4.78 is 11.5. The minimum Gasteiger partial charge on any atom is -0.497 e. The number of carbonyl (C=O) groups excluding carboxylic acids is 1. The second-order valence-electron chi connectivity index (χ2n) is 5.19. The Hall–Kier alpha value is -1.81. The summed E-state index contributed by atoms with van der Waals surface area (Å²) >= 11 is 3.46. The number of halogens is 1. The van der Waals surface area contributed by atoms with Crippen LogP contribution in [0.2, 0.25) is 0 Å². The van der Waals surface area contributed by atoms with Gasteiger partial charge in [0.1, 0.15) is 11.5 Å². The van der Waals surface area contributed by atoms with Crippen LogP contribution in [0.25, 0.3) is 0 Å². The molecule has 0 amide bonds. The highest BCUT2D eigenvalue weighted by molar-refractivity contribution is 9.10. The van der Waals surface area contributed by atoms with Gasteiger partial charge in [-0.05, 0) is 64.2 Å². The Labute approximate surface area is 132 Å². The van der Waals surface area contributed by atoms with Crippen LogP contribution in [-0.4, -0.2) is 13.1 Å². The van der Waals surface area contributed by atoms with Crippen molar-refractivity contribution >= 4 is 21.9 Å². The molecule has 1 heterocycles. The summed E-state index contributed by atoms with van der Waals surface area (Å²) in [5.74, 6) is 0.951. The van der Waals surface area contributed by atoms with E-state index in [0.717, 1.165) is 26.9 Å². The van der Waals surface area contributed by atoms with E-state index in [1.807, 2.05) is 37.3 Å². The Balaban J connectivity index is 1.96. The number of rotatable bonds is 2. The van der Waals surface area contributed by atoms with Crippen LogP contribution in [0.1, 0.15) is 22.6 Å². The lowest BCUT2D eigenvalue weighted by Gasteiger charge is -2.25. The summed E-state index contributed by atoms with van der Waals surface area (Å²) in [7, 11) is 1.63. The minimum absolute atomic E-state index is 0.211. The van der Waals surface area contributed by atoms with E-state index in [0.29, 0.717) is 12.2 Å². The molecule has 0 aliphatic carbocycles. The van der Waals surface area contributed by atoms with Gasteiger partial charge in [-0.25, -0.2) is 0 Å². The van der Waals surface area contributed by atoms with Gasteiger partial charge in [0.05, 0.1) is 17.5 Å². The first-order chi connectivity index (χ1) is 10.1. The van der Waals surface area contributed by atoms with Crippen molar-refractivity contribution in [1.29, 1.82) is 0 Å². The number of methoxy groups -OCH3 is 1. The average Bonchev–Trinajstić information content (AvgIpc) is 2.48. The first kappa shape index (κ1) is 14.1. The zero-order valence-corrected chi connectivity index (χ0v) is 13.4. The van der Waals surface area contributed by atoms with Crippen LogP contribution in [-0.2, 0) is 11.2 Å². The number of benzene rings is 2. The molecule has 21 heavy (non-hydrogen) atoms. The number of hydrogen-bond acceptors (Lipinski definition) is 3. The zero-order valence-electron chi connectivity index (χ0n) is 11.9. The monoisotopic (exact) mass is 346 g/mol. The highest BCUT2D eigenvalue weighted by atomic mass is 79.9. The Bertz CT molecular complexity index is 692. The molecule has 3 nitrogen and oxygen atoms in total. The number of carbonyl (C=O) groups is 1. The molecule has 1 unspecified atom stereocenters. The molecule has 0 N–H and O–H groups in total. The molecular weight excluding hydrogens is 332 g/mol. The first-order valence-corrected chi connectivity index (χ1v) is 7.52. The summed E-state index contributed by atoms with van der Waals surface area (Å²) in [4.78, 5) is 12.3. The summed E-state index contributed by atoms with van der Waals surface area (Å²) in [6.45, 7) is 2.03. The molecule has 1 atom stereocenters. The van der Waals surface area contributed by atoms with E-state index in [2.05, 4.69) is 22.0 Å². The molecule has 3 rings (SSSR count). The lowest BCUT2D eigenvalue weighted by molar-refractivity contribution is -0.137. The van der Waals surface area contributed by atoms with E-state index in [-0.39, 0.29) is 11.9 Å². The van der Waals surface area contributed by atoms with Gasteiger partial charge >= 0.3 is 5.97 Å². The fourth-order valence-electron chi connectivity index (χ4n) is 2.63. The molecule has 0 spiro atoms. The van der Waals surface area contributed by atoms with Crippen molar-refractivity contribution in [2.24, 2.45) is 0 Å². The van der Waals surface area contributed by atoms with Gasteiger partial charge in [-0.3, -0.25) is 4.79 Å². The second kappa shape index (κ2) is 5.53. The number of ether oxygens (including phenoxy) is 2. The summed E-state index contributed by atoms with van der Waals surface area (Å²) in [5, 5.41) is 0. The molecule has 1 aliphatic heterocycles. The summed E-state index contributed by atoms with van der Waals surface area (Å²) in [6, 6.07) is 11.6. The highest BCUT2D eigenvalue weighted by Crippen LogP contribution is 2.39. The average molecular weight is 347 g/mol.